The minimum Gasteiger partial charge on any atom is -0.450 e. The molecule has 0 saturated carbocycles. The molecule has 0 bridgehead atoms. The average molecular weight is 275 g/mol. The highest BCUT2D eigenvalue weighted by Crippen LogP contribution is 2.34. The van der Waals surface area contributed by atoms with Crippen molar-refractivity contribution in [1.82, 2.24) is 4.30 Å². The number of hydrogen-bond donors (Lipinski definition) is 3. The molecule has 1 aromatic rings. The number of hydrogen-bond acceptors (Lipinski definition) is 4. The summed E-state index contributed by atoms with van der Waals surface area (Å²) >= 11 is 2.56. The van der Waals surface area contributed by atoms with Crippen LogP contribution < -0.4 is 15.4 Å². The van der Waals surface area contributed by atoms with Gasteiger partial charge >= 0.3 is 6.09 Å². The molecule has 100 valence electrons. The highest BCUT2D eigenvalue weighted by molar-refractivity contribution is 6.04. The molecule has 0 saturated heterocycles. The van der Waals surface area contributed by atoms with Crippen molar-refractivity contribution >= 4 is 34.0 Å². The van der Waals surface area contributed by atoms with Crippen molar-refractivity contribution in [2.75, 3.05) is 17.7 Å². The average Bonchev–Trinajstić information content (AvgIpc) is 2.39. The molecule has 6 heteroatoms. The Morgan fingerprint density at radius 3 is 3.05 bits per heavy atom. The van der Waals surface area contributed by atoms with Crippen molar-refractivity contribution in [2.45, 2.75) is 32.2 Å². The number of rotatable bonds is 3. The Morgan fingerprint density at radius 2 is 2.37 bits per heavy atom. The van der Waals surface area contributed by atoms with E-state index in [2.05, 4.69) is 26.1 Å². The first-order valence-corrected chi connectivity index (χ1v) is 7.05. The van der Waals surface area contributed by atoms with E-state index in [1.807, 2.05) is 12.1 Å². The Balaban J connectivity index is 2.25. The number of nitrogen functional groups attached to an aromatic ring is 1. The summed E-state index contributed by atoms with van der Waals surface area (Å²) in [5.74, 6) is 0. The molecule has 2 rings (SSSR count). The van der Waals surface area contributed by atoms with Gasteiger partial charge < -0.3 is 14.8 Å². The number of ether oxygens (including phenoxy) is 1. The van der Waals surface area contributed by atoms with E-state index in [0.717, 1.165) is 19.3 Å². The Labute approximate surface area is 121 Å². The van der Waals surface area contributed by atoms with Gasteiger partial charge in [-0.3, -0.25) is 5.32 Å². The molecular weight excluding hydrogens is 257 g/mol. The fraction of sp³-hybridized carbons (Fsp3) is 0.462. The van der Waals surface area contributed by atoms with Crippen LogP contribution in [0.25, 0.3) is 0 Å². The molecular formula is C13H18AlN3O2. The first-order valence-electron chi connectivity index (χ1n) is 6.48. The number of benzene rings is 1. The van der Waals surface area contributed by atoms with Crippen molar-refractivity contribution in [3.05, 3.63) is 23.3 Å². The molecule has 0 heterocycles. The van der Waals surface area contributed by atoms with E-state index in [1.165, 1.54) is 11.1 Å². The molecule has 1 aliphatic carbocycles. The molecule has 0 aliphatic heterocycles. The third-order valence-corrected chi connectivity index (χ3v) is 3.74. The second-order valence-corrected chi connectivity index (χ2v) is 4.93. The van der Waals surface area contributed by atoms with E-state index in [9.17, 15) is 4.79 Å². The van der Waals surface area contributed by atoms with Crippen LogP contribution in [0.2, 0.25) is 0 Å². The van der Waals surface area contributed by atoms with Crippen LogP contribution in [0.3, 0.4) is 0 Å². The lowest BCUT2D eigenvalue weighted by Crippen LogP contribution is -2.23. The largest absolute Gasteiger partial charge is 0.450 e. The smallest absolute Gasteiger partial charge is 0.411 e. The summed E-state index contributed by atoms with van der Waals surface area (Å²) in [6.07, 6.45) is 2.77. The standard InChI is InChI=1S/C13H18N3O2.Al/c1-2-18-13(17)16-12-6-8-4-3-5-10(14)9(8)7-11(12)15;/h6-7,10,14H,2-5,15H2,1H3,(H,16,17);/q-1;+1. The molecule has 1 atom stereocenters. The van der Waals surface area contributed by atoms with Gasteiger partial charge in [-0.15, -0.1) is 0 Å². The summed E-state index contributed by atoms with van der Waals surface area (Å²) in [5.41, 5.74) is 9.64. The van der Waals surface area contributed by atoms with Gasteiger partial charge in [-0.05, 0) is 49.4 Å². The fourth-order valence-electron chi connectivity index (χ4n) is 2.43. The SMILES string of the molecule is CCOC(=O)Nc1cc2c(cc1N)C([NH][Al])CCC2. The maximum atomic E-state index is 11.4. The summed E-state index contributed by atoms with van der Waals surface area (Å²) in [6, 6.07) is 4.21. The second-order valence-electron chi connectivity index (χ2n) is 4.60. The van der Waals surface area contributed by atoms with Crippen LogP contribution in [0.1, 0.15) is 36.9 Å². The van der Waals surface area contributed by atoms with Gasteiger partial charge in [-0.25, -0.2) is 4.79 Å². The topological polar surface area (TPSA) is 76.4 Å². The Hall–Kier alpha value is -1.22. The second kappa shape index (κ2) is 6.29. The van der Waals surface area contributed by atoms with Crippen molar-refractivity contribution < 1.29 is 9.53 Å². The van der Waals surface area contributed by atoms with Crippen LogP contribution in [0.5, 0.6) is 0 Å². The zero-order chi connectivity index (χ0) is 13.8. The predicted molar refractivity (Wildman–Crippen MR) is 76.1 cm³/mol. The molecule has 1 aromatic carbocycles. The van der Waals surface area contributed by atoms with Gasteiger partial charge in [0, 0.05) is 6.04 Å². The van der Waals surface area contributed by atoms with Crippen LogP contribution in [0.15, 0.2) is 12.1 Å². The Bertz CT molecular complexity index is 479. The fourth-order valence-corrected chi connectivity index (χ4v) is 2.78. The normalized spacial score (nSPS) is 17.6. The van der Waals surface area contributed by atoms with Gasteiger partial charge in [-0.2, -0.15) is 0 Å². The van der Waals surface area contributed by atoms with E-state index >= 15 is 0 Å². The molecule has 0 aromatic heterocycles. The zero-order valence-corrected chi connectivity index (χ0v) is 12.2. The van der Waals surface area contributed by atoms with E-state index < -0.39 is 6.09 Å². The van der Waals surface area contributed by atoms with Crippen molar-refractivity contribution in [2.24, 2.45) is 0 Å². The minimum atomic E-state index is -0.467. The molecule has 19 heavy (non-hydrogen) atoms. The summed E-state index contributed by atoms with van der Waals surface area (Å²) in [4.78, 5) is 11.4. The molecule has 2 radical (unpaired) electrons. The molecule has 1 amide bonds. The van der Waals surface area contributed by atoms with E-state index in [0.29, 0.717) is 24.0 Å². The van der Waals surface area contributed by atoms with Crippen molar-refractivity contribution in [3.63, 3.8) is 0 Å². The van der Waals surface area contributed by atoms with Crippen LogP contribution in [-0.2, 0) is 11.2 Å². The highest BCUT2D eigenvalue weighted by atomic mass is 27.1. The maximum absolute atomic E-state index is 11.4. The van der Waals surface area contributed by atoms with Crippen LogP contribution >= 0.6 is 0 Å². The van der Waals surface area contributed by atoms with Crippen LogP contribution in [0.4, 0.5) is 16.2 Å². The number of amides is 1. The van der Waals surface area contributed by atoms with Gasteiger partial charge in [0.15, 0.2) is 0 Å². The highest BCUT2D eigenvalue weighted by Gasteiger charge is 2.20. The van der Waals surface area contributed by atoms with Gasteiger partial charge in [0.25, 0.3) is 16.5 Å². The van der Waals surface area contributed by atoms with Crippen LogP contribution in [0, 0.1) is 0 Å². The maximum Gasteiger partial charge on any atom is 0.411 e. The number of fused-ring (bicyclic) bond motifs is 1. The summed E-state index contributed by atoms with van der Waals surface area (Å²) < 4.78 is 8.08. The molecule has 0 fully saturated rings. The third-order valence-electron chi connectivity index (χ3n) is 3.34. The predicted octanol–water partition coefficient (Wildman–Crippen LogP) is 1.89. The third kappa shape index (κ3) is 3.21. The molecule has 5 nitrogen and oxygen atoms in total. The monoisotopic (exact) mass is 275 g/mol. The minimum absolute atomic E-state index is 0.313. The molecule has 1 unspecified atom stereocenters. The number of carbonyl (C=O) groups excluding carboxylic acids is 1. The van der Waals surface area contributed by atoms with Gasteiger partial charge in [-0.1, -0.05) is 0 Å². The van der Waals surface area contributed by atoms with Crippen molar-refractivity contribution in [1.29, 1.82) is 0 Å². The van der Waals surface area contributed by atoms with Gasteiger partial charge in [0.05, 0.1) is 18.0 Å². The number of anilines is 2. The number of nitrogens with one attached hydrogen (secondary N) is 2. The van der Waals surface area contributed by atoms with Gasteiger partial charge in [0.2, 0.25) is 0 Å². The number of aryl methyl sites for hydroxylation is 1. The summed E-state index contributed by atoms with van der Waals surface area (Å²) in [6.45, 7) is 2.11. The molecule has 4 N–H and O–H groups in total. The summed E-state index contributed by atoms with van der Waals surface area (Å²) in [7, 11) is 0. The first kappa shape index (κ1) is 14.2. The lowest BCUT2D eigenvalue weighted by molar-refractivity contribution is 0.168. The van der Waals surface area contributed by atoms with E-state index in [1.54, 1.807) is 6.92 Å². The Morgan fingerprint density at radius 1 is 1.58 bits per heavy atom. The number of nitrogens with two attached hydrogens (primary N) is 1. The molecule has 0 spiro atoms. The summed E-state index contributed by atoms with van der Waals surface area (Å²) in [5, 5.41) is 2.68. The first-order chi connectivity index (χ1) is 9.15. The van der Waals surface area contributed by atoms with Gasteiger partial charge in [0.1, 0.15) is 0 Å². The quantitative estimate of drug-likeness (QED) is 0.581. The lowest BCUT2D eigenvalue weighted by atomic mass is 9.87. The number of carbonyl (C=O) groups is 1. The molecule has 1 aliphatic rings. The zero-order valence-electron chi connectivity index (χ0n) is 11.0. The van der Waals surface area contributed by atoms with E-state index in [-0.39, 0.29) is 0 Å². The van der Waals surface area contributed by atoms with Crippen molar-refractivity contribution in [3.8, 4) is 0 Å². The lowest BCUT2D eigenvalue weighted by Gasteiger charge is -2.27. The Kier molecular flexibility index (Phi) is 4.70. The van der Waals surface area contributed by atoms with Crippen LogP contribution in [-0.4, -0.2) is 29.2 Å². The van der Waals surface area contributed by atoms with E-state index in [4.69, 9.17) is 10.5 Å².